The SMILES string of the molecule is COc1cc(CN)cc(Br)c1OCC1CCOC1. The third kappa shape index (κ3) is 3.16. The van der Waals surface area contributed by atoms with Crippen molar-refractivity contribution < 1.29 is 14.2 Å². The van der Waals surface area contributed by atoms with Gasteiger partial charge >= 0.3 is 0 Å². The van der Waals surface area contributed by atoms with Gasteiger partial charge in [0.05, 0.1) is 24.8 Å². The quantitative estimate of drug-likeness (QED) is 0.906. The van der Waals surface area contributed by atoms with E-state index in [1.54, 1.807) is 7.11 Å². The molecule has 0 radical (unpaired) electrons. The zero-order valence-electron chi connectivity index (χ0n) is 10.4. The molecule has 1 fully saturated rings. The second kappa shape index (κ2) is 6.41. The third-order valence-corrected chi connectivity index (χ3v) is 3.60. The highest BCUT2D eigenvalue weighted by Crippen LogP contribution is 2.37. The van der Waals surface area contributed by atoms with E-state index in [0.29, 0.717) is 24.8 Å². The number of ether oxygens (including phenoxy) is 3. The Balaban J connectivity index is 2.10. The molecule has 1 aliphatic heterocycles. The molecule has 100 valence electrons. The number of halogens is 1. The Labute approximate surface area is 116 Å². The Morgan fingerprint density at radius 1 is 1.50 bits per heavy atom. The summed E-state index contributed by atoms with van der Waals surface area (Å²) in [5.74, 6) is 1.92. The Kier molecular flexibility index (Phi) is 4.86. The lowest BCUT2D eigenvalue weighted by molar-refractivity contribution is 0.165. The highest BCUT2D eigenvalue weighted by atomic mass is 79.9. The Bertz CT molecular complexity index is 405. The summed E-state index contributed by atoms with van der Waals surface area (Å²) in [6, 6.07) is 3.87. The second-order valence-electron chi connectivity index (χ2n) is 4.35. The summed E-state index contributed by atoms with van der Waals surface area (Å²) in [7, 11) is 1.63. The van der Waals surface area contributed by atoms with Gasteiger partial charge in [-0.25, -0.2) is 0 Å². The van der Waals surface area contributed by atoms with Crippen LogP contribution in [-0.2, 0) is 11.3 Å². The number of hydrogen-bond donors (Lipinski definition) is 1. The van der Waals surface area contributed by atoms with Crippen molar-refractivity contribution in [1.82, 2.24) is 0 Å². The van der Waals surface area contributed by atoms with Crippen LogP contribution in [0.15, 0.2) is 16.6 Å². The maximum Gasteiger partial charge on any atom is 0.175 e. The molecule has 0 aliphatic carbocycles. The molecule has 1 aromatic carbocycles. The smallest absolute Gasteiger partial charge is 0.175 e. The van der Waals surface area contributed by atoms with Gasteiger partial charge in [-0.3, -0.25) is 0 Å². The van der Waals surface area contributed by atoms with Gasteiger partial charge in [-0.05, 0) is 40.0 Å². The van der Waals surface area contributed by atoms with Crippen LogP contribution in [-0.4, -0.2) is 26.9 Å². The first-order valence-electron chi connectivity index (χ1n) is 6.01. The van der Waals surface area contributed by atoms with Crippen molar-refractivity contribution in [2.45, 2.75) is 13.0 Å². The largest absolute Gasteiger partial charge is 0.493 e. The standard InChI is InChI=1S/C13H18BrNO3/c1-16-12-5-10(6-15)4-11(14)13(12)18-8-9-2-3-17-7-9/h4-5,9H,2-3,6-8,15H2,1H3. The molecule has 1 aliphatic rings. The predicted octanol–water partition coefficient (Wildman–Crippen LogP) is 2.33. The van der Waals surface area contributed by atoms with Crippen LogP contribution >= 0.6 is 15.9 Å². The topological polar surface area (TPSA) is 53.7 Å². The maximum absolute atomic E-state index is 5.85. The molecule has 1 saturated heterocycles. The minimum absolute atomic E-state index is 0.468. The number of hydrogen-bond acceptors (Lipinski definition) is 4. The summed E-state index contributed by atoms with van der Waals surface area (Å²) < 4.78 is 17.4. The van der Waals surface area contributed by atoms with Crippen LogP contribution in [0.25, 0.3) is 0 Å². The van der Waals surface area contributed by atoms with E-state index >= 15 is 0 Å². The van der Waals surface area contributed by atoms with Gasteiger partial charge in [0.15, 0.2) is 11.5 Å². The summed E-state index contributed by atoms with van der Waals surface area (Å²) in [6.07, 6.45) is 1.06. The van der Waals surface area contributed by atoms with Crippen LogP contribution in [0.4, 0.5) is 0 Å². The molecule has 2 N–H and O–H groups in total. The van der Waals surface area contributed by atoms with E-state index in [4.69, 9.17) is 19.9 Å². The fourth-order valence-corrected chi connectivity index (χ4v) is 2.55. The summed E-state index contributed by atoms with van der Waals surface area (Å²) in [5, 5.41) is 0. The lowest BCUT2D eigenvalue weighted by atomic mass is 10.1. The van der Waals surface area contributed by atoms with E-state index in [1.807, 2.05) is 12.1 Å². The highest BCUT2D eigenvalue weighted by molar-refractivity contribution is 9.10. The molecule has 4 nitrogen and oxygen atoms in total. The van der Waals surface area contributed by atoms with Gasteiger partial charge in [0.2, 0.25) is 0 Å². The van der Waals surface area contributed by atoms with Crippen molar-refractivity contribution in [1.29, 1.82) is 0 Å². The average molecular weight is 316 g/mol. The minimum Gasteiger partial charge on any atom is -0.493 e. The Morgan fingerprint density at radius 3 is 2.94 bits per heavy atom. The van der Waals surface area contributed by atoms with E-state index < -0.39 is 0 Å². The van der Waals surface area contributed by atoms with Crippen molar-refractivity contribution in [2.75, 3.05) is 26.9 Å². The number of benzene rings is 1. The zero-order valence-corrected chi connectivity index (χ0v) is 12.0. The molecule has 0 amide bonds. The van der Waals surface area contributed by atoms with Gasteiger partial charge in [-0.2, -0.15) is 0 Å². The molecule has 0 spiro atoms. The molecule has 18 heavy (non-hydrogen) atoms. The van der Waals surface area contributed by atoms with Crippen molar-refractivity contribution in [2.24, 2.45) is 11.7 Å². The maximum atomic E-state index is 5.85. The van der Waals surface area contributed by atoms with E-state index in [9.17, 15) is 0 Å². The predicted molar refractivity (Wildman–Crippen MR) is 73.0 cm³/mol. The van der Waals surface area contributed by atoms with Crippen molar-refractivity contribution in [3.05, 3.63) is 22.2 Å². The van der Waals surface area contributed by atoms with Gasteiger partial charge in [0.1, 0.15) is 0 Å². The van der Waals surface area contributed by atoms with Crippen molar-refractivity contribution >= 4 is 15.9 Å². The zero-order chi connectivity index (χ0) is 13.0. The molecule has 0 aromatic heterocycles. The number of rotatable bonds is 5. The fraction of sp³-hybridized carbons (Fsp3) is 0.538. The van der Waals surface area contributed by atoms with E-state index in [2.05, 4.69) is 15.9 Å². The lowest BCUT2D eigenvalue weighted by Gasteiger charge is -2.16. The van der Waals surface area contributed by atoms with Crippen LogP contribution in [0.1, 0.15) is 12.0 Å². The first-order chi connectivity index (χ1) is 8.74. The summed E-state index contributed by atoms with van der Waals surface area (Å²) >= 11 is 3.50. The highest BCUT2D eigenvalue weighted by Gasteiger charge is 2.18. The monoisotopic (exact) mass is 315 g/mol. The molecule has 2 rings (SSSR count). The van der Waals surface area contributed by atoms with Gasteiger partial charge in [0.25, 0.3) is 0 Å². The van der Waals surface area contributed by atoms with E-state index in [1.165, 1.54) is 0 Å². The summed E-state index contributed by atoms with van der Waals surface area (Å²) in [6.45, 7) is 2.74. The van der Waals surface area contributed by atoms with Gasteiger partial charge in [-0.1, -0.05) is 0 Å². The van der Waals surface area contributed by atoms with Crippen LogP contribution in [0, 0.1) is 5.92 Å². The van der Waals surface area contributed by atoms with Crippen LogP contribution in [0.5, 0.6) is 11.5 Å². The van der Waals surface area contributed by atoms with E-state index in [0.717, 1.165) is 35.4 Å². The fourth-order valence-electron chi connectivity index (χ4n) is 1.95. The molecule has 1 heterocycles. The van der Waals surface area contributed by atoms with Crippen LogP contribution < -0.4 is 15.2 Å². The Hall–Kier alpha value is -0.780. The molecular weight excluding hydrogens is 298 g/mol. The molecule has 5 heteroatoms. The van der Waals surface area contributed by atoms with Crippen molar-refractivity contribution in [3.8, 4) is 11.5 Å². The molecular formula is C13H18BrNO3. The Morgan fingerprint density at radius 2 is 2.33 bits per heavy atom. The normalized spacial score (nSPS) is 18.9. The molecule has 1 atom stereocenters. The van der Waals surface area contributed by atoms with Gasteiger partial charge < -0.3 is 19.9 Å². The van der Waals surface area contributed by atoms with Crippen LogP contribution in [0.3, 0.4) is 0 Å². The molecule has 1 unspecified atom stereocenters. The summed E-state index contributed by atoms with van der Waals surface area (Å²) in [4.78, 5) is 0. The number of methoxy groups -OCH3 is 1. The van der Waals surface area contributed by atoms with Crippen LogP contribution in [0.2, 0.25) is 0 Å². The van der Waals surface area contributed by atoms with Gasteiger partial charge in [-0.15, -0.1) is 0 Å². The number of nitrogens with two attached hydrogens (primary N) is 1. The first-order valence-corrected chi connectivity index (χ1v) is 6.81. The lowest BCUT2D eigenvalue weighted by Crippen LogP contribution is -2.12. The van der Waals surface area contributed by atoms with Crippen molar-refractivity contribution in [3.63, 3.8) is 0 Å². The minimum atomic E-state index is 0.468. The summed E-state index contributed by atoms with van der Waals surface area (Å²) in [5.41, 5.74) is 6.64. The van der Waals surface area contributed by atoms with Gasteiger partial charge in [0, 0.05) is 19.1 Å². The molecule has 0 saturated carbocycles. The molecule has 1 aromatic rings. The first kappa shape index (κ1) is 13.6. The third-order valence-electron chi connectivity index (χ3n) is 3.01. The second-order valence-corrected chi connectivity index (χ2v) is 5.21. The van der Waals surface area contributed by atoms with E-state index in [-0.39, 0.29) is 0 Å². The average Bonchev–Trinajstić information content (AvgIpc) is 2.89. The molecule has 0 bridgehead atoms.